The molecule has 0 aliphatic carbocycles. The first-order chi connectivity index (χ1) is 10.9. The van der Waals surface area contributed by atoms with Gasteiger partial charge < -0.3 is 16.2 Å². The molecule has 4 N–H and O–H groups in total. The fourth-order valence-electron chi connectivity index (χ4n) is 1.79. The van der Waals surface area contributed by atoms with Crippen LogP contribution in [0.5, 0.6) is 0 Å². The van der Waals surface area contributed by atoms with Crippen molar-refractivity contribution in [1.82, 2.24) is 10.3 Å². The van der Waals surface area contributed by atoms with Crippen LogP contribution in [0.2, 0.25) is 0 Å². The molecule has 1 aromatic carbocycles. The van der Waals surface area contributed by atoms with E-state index in [4.69, 9.17) is 5.73 Å². The molecule has 120 valence electrons. The van der Waals surface area contributed by atoms with E-state index in [0.717, 1.165) is 18.3 Å². The van der Waals surface area contributed by atoms with Crippen LogP contribution in [0.3, 0.4) is 0 Å². The number of carbonyl (C=O) groups excluding carboxylic acids is 2. The molecule has 0 unspecified atom stereocenters. The predicted molar refractivity (Wildman–Crippen MR) is 76.4 cm³/mol. The van der Waals surface area contributed by atoms with Crippen molar-refractivity contribution in [2.45, 2.75) is 6.10 Å². The van der Waals surface area contributed by atoms with Gasteiger partial charge >= 0.3 is 0 Å². The van der Waals surface area contributed by atoms with Gasteiger partial charge in [-0.05, 0) is 29.8 Å². The normalized spacial score (nSPS) is 11.8. The SMILES string of the molecule is NC(=O)c1ccc(C(=O)NC[C@H](O)c2ccc(F)c(F)c2)nc1. The number of pyridine rings is 1. The summed E-state index contributed by atoms with van der Waals surface area (Å²) in [5.41, 5.74) is 5.36. The van der Waals surface area contributed by atoms with Crippen molar-refractivity contribution < 1.29 is 23.5 Å². The first-order valence-electron chi connectivity index (χ1n) is 6.55. The van der Waals surface area contributed by atoms with Crippen LogP contribution in [0, 0.1) is 11.6 Å². The molecule has 2 amide bonds. The molecular weight excluding hydrogens is 308 g/mol. The molecule has 23 heavy (non-hydrogen) atoms. The third kappa shape index (κ3) is 4.07. The Labute approximate surface area is 130 Å². The highest BCUT2D eigenvalue weighted by atomic mass is 19.2. The molecule has 2 aromatic rings. The molecule has 0 spiro atoms. The van der Waals surface area contributed by atoms with Crippen LogP contribution in [0.15, 0.2) is 36.5 Å². The van der Waals surface area contributed by atoms with Crippen LogP contribution in [0.1, 0.15) is 32.5 Å². The number of aliphatic hydroxyl groups is 1. The average Bonchev–Trinajstić information content (AvgIpc) is 2.54. The zero-order chi connectivity index (χ0) is 17.0. The minimum atomic E-state index is -1.21. The summed E-state index contributed by atoms with van der Waals surface area (Å²) in [4.78, 5) is 26.5. The topological polar surface area (TPSA) is 105 Å². The molecule has 1 heterocycles. The van der Waals surface area contributed by atoms with Crippen molar-refractivity contribution in [2.75, 3.05) is 6.54 Å². The number of amides is 2. The molecule has 0 aliphatic rings. The van der Waals surface area contributed by atoms with Crippen LogP contribution in [0.4, 0.5) is 8.78 Å². The fourth-order valence-corrected chi connectivity index (χ4v) is 1.79. The number of aromatic nitrogens is 1. The number of aliphatic hydroxyl groups excluding tert-OH is 1. The van der Waals surface area contributed by atoms with Crippen LogP contribution >= 0.6 is 0 Å². The Morgan fingerprint density at radius 1 is 1.22 bits per heavy atom. The van der Waals surface area contributed by atoms with E-state index in [0.29, 0.717) is 0 Å². The second kappa shape index (κ2) is 6.93. The zero-order valence-electron chi connectivity index (χ0n) is 11.8. The lowest BCUT2D eigenvalue weighted by molar-refractivity contribution is 0.0909. The van der Waals surface area contributed by atoms with E-state index in [1.54, 1.807) is 0 Å². The van der Waals surface area contributed by atoms with Gasteiger partial charge in [0.2, 0.25) is 5.91 Å². The van der Waals surface area contributed by atoms with Gasteiger partial charge in [0.25, 0.3) is 5.91 Å². The maximum atomic E-state index is 13.1. The molecule has 6 nitrogen and oxygen atoms in total. The molecule has 0 radical (unpaired) electrons. The molecule has 2 rings (SSSR count). The third-order valence-corrected chi connectivity index (χ3v) is 3.07. The lowest BCUT2D eigenvalue weighted by Gasteiger charge is -2.12. The molecule has 0 bridgehead atoms. The Morgan fingerprint density at radius 2 is 1.96 bits per heavy atom. The van der Waals surface area contributed by atoms with Gasteiger partial charge in [-0.3, -0.25) is 14.6 Å². The van der Waals surface area contributed by atoms with Gasteiger partial charge in [-0.15, -0.1) is 0 Å². The second-order valence-electron chi connectivity index (χ2n) is 4.70. The molecule has 0 fully saturated rings. The average molecular weight is 321 g/mol. The van der Waals surface area contributed by atoms with Crippen molar-refractivity contribution in [3.8, 4) is 0 Å². The number of hydrogen-bond donors (Lipinski definition) is 3. The Balaban J connectivity index is 1.97. The summed E-state index contributed by atoms with van der Waals surface area (Å²) in [5.74, 6) is -3.37. The number of carbonyl (C=O) groups is 2. The minimum Gasteiger partial charge on any atom is -0.387 e. The van der Waals surface area contributed by atoms with Gasteiger partial charge in [0, 0.05) is 12.7 Å². The lowest BCUT2D eigenvalue weighted by atomic mass is 10.1. The van der Waals surface area contributed by atoms with E-state index in [1.807, 2.05) is 0 Å². The van der Waals surface area contributed by atoms with Crippen molar-refractivity contribution in [1.29, 1.82) is 0 Å². The molecule has 1 atom stereocenters. The van der Waals surface area contributed by atoms with Gasteiger partial charge in [0.05, 0.1) is 11.7 Å². The summed E-state index contributed by atoms with van der Waals surface area (Å²) >= 11 is 0. The first kappa shape index (κ1) is 16.5. The number of rotatable bonds is 5. The van der Waals surface area contributed by atoms with E-state index in [1.165, 1.54) is 18.2 Å². The predicted octanol–water partition coefficient (Wildman–Crippen LogP) is 0.922. The molecule has 0 aliphatic heterocycles. The van der Waals surface area contributed by atoms with E-state index >= 15 is 0 Å². The van der Waals surface area contributed by atoms with E-state index in [2.05, 4.69) is 10.3 Å². The monoisotopic (exact) mass is 321 g/mol. The number of benzene rings is 1. The zero-order valence-corrected chi connectivity index (χ0v) is 11.8. The minimum absolute atomic E-state index is 0.0208. The smallest absolute Gasteiger partial charge is 0.269 e. The third-order valence-electron chi connectivity index (χ3n) is 3.07. The van der Waals surface area contributed by atoms with Gasteiger partial charge in [-0.2, -0.15) is 0 Å². The number of nitrogens with zero attached hydrogens (tertiary/aromatic N) is 1. The quantitative estimate of drug-likeness (QED) is 0.761. The summed E-state index contributed by atoms with van der Waals surface area (Å²) < 4.78 is 25.9. The van der Waals surface area contributed by atoms with Gasteiger partial charge in [0.1, 0.15) is 5.69 Å². The van der Waals surface area contributed by atoms with E-state index in [9.17, 15) is 23.5 Å². The molecule has 0 saturated heterocycles. The highest BCUT2D eigenvalue weighted by Gasteiger charge is 2.14. The number of nitrogens with one attached hydrogen (secondary N) is 1. The maximum Gasteiger partial charge on any atom is 0.269 e. The molecule has 0 saturated carbocycles. The van der Waals surface area contributed by atoms with Crippen LogP contribution in [0.25, 0.3) is 0 Å². The Kier molecular flexibility index (Phi) is 4.97. The van der Waals surface area contributed by atoms with Crippen molar-refractivity contribution >= 4 is 11.8 Å². The fraction of sp³-hybridized carbons (Fsp3) is 0.133. The number of hydrogen-bond acceptors (Lipinski definition) is 4. The molecule has 8 heteroatoms. The van der Waals surface area contributed by atoms with Gasteiger partial charge in [0.15, 0.2) is 11.6 Å². The molecular formula is C15H13F2N3O3. The first-order valence-corrected chi connectivity index (χ1v) is 6.55. The number of halogens is 2. The van der Waals surface area contributed by atoms with Crippen molar-refractivity contribution in [2.24, 2.45) is 5.73 Å². The summed E-state index contributed by atoms with van der Waals surface area (Å²) in [7, 11) is 0. The van der Waals surface area contributed by atoms with Crippen LogP contribution in [-0.2, 0) is 0 Å². The summed E-state index contributed by atoms with van der Waals surface area (Å²) in [5, 5.41) is 12.3. The Bertz CT molecular complexity index is 735. The van der Waals surface area contributed by atoms with Crippen molar-refractivity contribution in [3.05, 3.63) is 65.0 Å². The highest BCUT2D eigenvalue weighted by Crippen LogP contribution is 2.15. The van der Waals surface area contributed by atoms with Crippen molar-refractivity contribution in [3.63, 3.8) is 0 Å². The molecule has 1 aromatic heterocycles. The standard InChI is InChI=1S/C15H13F2N3O3/c16-10-3-1-8(5-11(10)17)13(21)7-20-15(23)12-4-2-9(6-19-12)14(18)22/h1-6,13,21H,7H2,(H2,18,22)(H,20,23)/t13-/m0/s1. The lowest BCUT2D eigenvalue weighted by Crippen LogP contribution is -2.29. The summed E-state index contributed by atoms with van der Waals surface area (Å²) in [6.07, 6.45) is -0.0535. The summed E-state index contributed by atoms with van der Waals surface area (Å²) in [6, 6.07) is 5.61. The van der Waals surface area contributed by atoms with E-state index < -0.39 is 29.6 Å². The second-order valence-corrected chi connectivity index (χ2v) is 4.70. The Morgan fingerprint density at radius 3 is 2.52 bits per heavy atom. The Hall–Kier alpha value is -2.87. The van der Waals surface area contributed by atoms with Crippen LogP contribution < -0.4 is 11.1 Å². The number of primary amides is 1. The van der Waals surface area contributed by atoms with Gasteiger partial charge in [-0.25, -0.2) is 8.78 Å². The highest BCUT2D eigenvalue weighted by molar-refractivity contribution is 5.95. The summed E-state index contributed by atoms with van der Waals surface area (Å²) in [6.45, 7) is -0.219. The van der Waals surface area contributed by atoms with Gasteiger partial charge in [-0.1, -0.05) is 6.07 Å². The van der Waals surface area contributed by atoms with Crippen LogP contribution in [-0.4, -0.2) is 28.4 Å². The van der Waals surface area contributed by atoms with E-state index in [-0.39, 0.29) is 23.4 Å². The maximum absolute atomic E-state index is 13.1. The largest absolute Gasteiger partial charge is 0.387 e. The number of nitrogens with two attached hydrogens (primary N) is 1.